The quantitative estimate of drug-likeness (QED) is 0.362. The second-order valence-corrected chi connectivity index (χ2v) is 4.11. The van der Waals surface area contributed by atoms with Crippen LogP contribution in [-0.2, 0) is 13.6 Å². The molecule has 0 aliphatic carbocycles. The molecule has 0 aliphatic rings. The first kappa shape index (κ1) is 13.1. The normalized spacial score (nSPS) is 11.9. The van der Waals surface area contributed by atoms with Crippen molar-refractivity contribution in [1.29, 1.82) is 0 Å². The van der Waals surface area contributed by atoms with E-state index < -0.39 is 7.75 Å². The van der Waals surface area contributed by atoms with Crippen LogP contribution in [-0.4, -0.2) is 19.8 Å². The number of hydrazine groups is 1. The molecular weight excluding hydrogens is 191 g/mol. The fourth-order valence-electron chi connectivity index (χ4n) is 0.719. The summed E-state index contributed by atoms with van der Waals surface area (Å²) in [5.41, 5.74) is 2.78. The van der Waals surface area contributed by atoms with E-state index in [0.717, 1.165) is 13.0 Å². The molecule has 0 unspecified atom stereocenters. The van der Waals surface area contributed by atoms with Crippen molar-refractivity contribution in [2.24, 2.45) is 0 Å². The fourth-order valence-corrected chi connectivity index (χ4v) is 1.91. The highest BCUT2D eigenvalue weighted by atomic mass is 31.2. The molecule has 2 N–H and O–H groups in total. The molecular formula is C7H19N2O3P. The summed E-state index contributed by atoms with van der Waals surface area (Å²) in [7, 11) is -3.11. The van der Waals surface area contributed by atoms with Gasteiger partial charge in [0.1, 0.15) is 0 Å². The van der Waals surface area contributed by atoms with Crippen molar-refractivity contribution in [2.75, 3.05) is 19.8 Å². The molecule has 0 radical (unpaired) electrons. The average Bonchev–Trinajstić information content (AvgIpc) is 2.05. The summed E-state index contributed by atoms with van der Waals surface area (Å²) in [6, 6.07) is 0. The Bertz CT molecular complexity index is 156. The minimum Gasteiger partial charge on any atom is -0.296 e. The van der Waals surface area contributed by atoms with E-state index in [2.05, 4.69) is 10.6 Å². The van der Waals surface area contributed by atoms with E-state index >= 15 is 0 Å². The summed E-state index contributed by atoms with van der Waals surface area (Å²) in [5.74, 6) is 0. The van der Waals surface area contributed by atoms with Crippen LogP contribution in [0.25, 0.3) is 0 Å². The van der Waals surface area contributed by atoms with E-state index in [1.807, 2.05) is 6.92 Å². The monoisotopic (exact) mass is 210 g/mol. The van der Waals surface area contributed by atoms with Gasteiger partial charge in [-0.3, -0.25) is 9.05 Å². The van der Waals surface area contributed by atoms with Crippen LogP contribution in [0.2, 0.25) is 0 Å². The van der Waals surface area contributed by atoms with Gasteiger partial charge in [0, 0.05) is 6.54 Å². The summed E-state index contributed by atoms with van der Waals surface area (Å²) < 4.78 is 21.6. The molecule has 0 saturated heterocycles. The van der Waals surface area contributed by atoms with Gasteiger partial charge in [0.15, 0.2) is 0 Å². The van der Waals surface area contributed by atoms with E-state index in [1.54, 1.807) is 13.8 Å². The van der Waals surface area contributed by atoms with Gasteiger partial charge in [0.25, 0.3) is 0 Å². The SMILES string of the molecule is CCCNNP(=O)(OCC)OCC. The Morgan fingerprint density at radius 3 is 2.08 bits per heavy atom. The fraction of sp³-hybridized carbons (Fsp3) is 1.00. The van der Waals surface area contributed by atoms with Crippen molar-refractivity contribution >= 4 is 7.75 Å². The Morgan fingerprint density at radius 1 is 1.15 bits per heavy atom. The third-order valence-corrected chi connectivity index (χ3v) is 2.82. The third kappa shape index (κ3) is 6.18. The van der Waals surface area contributed by atoms with E-state index in [1.165, 1.54) is 0 Å². The summed E-state index contributed by atoms with van der Waals surface area (Å²) >= 11 is 0. The van der Waals surface area contributed by atoms with Crippen LogP contribution < -0.4 is 10.6 Å². The van der Waals surface area contributed by atoms with Crippen LogP contribution >= 0.6 is 7.75 Å². The van der Waals surface area contributed by atoms with Gasteiger partial charge in [-0.15, -0.1) is 0 Å². The second kappa shape index (κ2) is 7.47. The number of rotatable bonds is 8. The van der Waals surface area contributed by atoms with Gasteiger partial charge in [0.2, 0.25) is 0 Å². The predicted octanol–water partition coefficient (Wildman–Crippen LogP) is 1.67. The van der Waals surface area contributed by atoms with Crippen molar-refractivity contribution in [3.63, 3.8) is 0 Å². The lowest BCUT2D eigenvalue weighted by molar-refractivity contribution is 0.206. The lowest BCUT2D eigenvalue weighted by Gasteiger charge is -2.17. The van der Waals surface area contributed by atoms with Crippen molar-refractivity contribution in [3.05, 3.63) is 0 Å². The highest BCUT2D eigenvalue weighted by Gasteiger charge is 2.22. The molecule has 0 rings (SSSR count). The lowest BCUT2D eigenvalue weighted by atomic mass is 10.5. The largest absolute Gasteiger partial charge is 0.418 e. The highest BCUT2D eigenvalue weighted by molar-refractivity contribution is 7.51. The summed E-state index contributed by atoms with van der Waals surface area (Å²) in [6.07, 6.45) is 0.950. The van der Waals surface area contributed by atoms with Gasteiger partial charge in [-0.25, -0.2) is 9.99 Å². The first-order chi connectivity index (χ1) is 6.18. The maximum atomic E-state index is 11.7. The molecule has 0 saturated carbocycles. The average molecular weight is 210 g/mol. The molecule has 13 heavy (non-hydrogen) atoms. The van der Waals surface area contributed by atoms with E-state index in [0.29, 0.717) is 13.2 Å². The molecule has 0 aromatic rings. The van der Waals surface area contributed by atoms with Crippen LogP contribution in [0, 0.1) is 0 Å². The summed E-state index contributed by atoms with van der Waals surface area (Å²) in [4.78, 5) is 0. The maximum Gasteiger partial charge on any atom is 0.418 e. The molecule has 0 fully saturated rings. The highest BCUT2D eigenvalue weighted by Crippen LogP contribution is 2.42. The molecule has 0 aromatic carbocycles. The van der Waals surface area contributed by atoms with Crippen molar-refractivity contribution in [2.45, 2.75) is 27.2 Å². The second-order valence-electron chi connectivity index (χ2n) is 2.37. The molecule has 0 spiro atoms. The number of nitrogens with one attached hydrogen (secondary N) is 2. The Hall–Kier alpha value is 0.0700. The van der Waals surface area contributed by atoms with Gasteiger partial charge in [0.05, 0.1) is 13.2 Å². The molecule has 80 valence electrons. The summed E-state index contributed by atoms with van der Waals surface area (Å²) in [6.45, 7) is 7.00. The Balaban J connectivity index is 3.85. The molecule has 0 bridgehead atoms. The molecule has 5 nitrogen and oxygen atoms in total. The summed E-state index contributed by atoms with van der Waals surface area (Å²) in [5, 5.41) is 2.56. The number of hydrogen-bond acceptors (Lipinski definition) is 4. The zero-order valence-electron chi connectivity index (χ0n) is 8.50. The van der Waals surface area contributed by atoms with E-state index in [9.17, 15) is 4.57 Å². The van der Waals surface area contributed by atoms with Crippen molar-refractivity contribution in [1.82, 2.24) is 10.6 Å². The minimum atomic E-state index is -3.11. The van der Waals surface area contributed by atoms with Crippen molar-refractivity contribution < 1.29 is 13.6 Å². The number of hydrogen-bond donors (Lipinski definition) is 2. The molecule has 0 amide bonds. The molecule has 0 atom stereocenters. The lowest BCUT2D eigenvalue weighted by Crippen LogP contribution is -2.31. The standard InChI is InChI=1S/C7H19N2O3P/c1-4-7-8-9-13(10,11-5-2)12-6-3/h8H,4-7H2,1-3H3,(H,9,10). The molecule has 0 heterocycles. The topological polar surface area (TPSA) is 59.6 Å². The Labute approximate surface area is 79.7 Å². The zero-order chi connectivity index (χ0) is 10.2. The van der Waals surface area contributed by atoms with Crippen LogP contribution in [0.1, 0.15) is 27.2 Å². The van der Waals surface area contributed by atoms with E-state index in [4.69, 9.17) is 9.05 Å². The third-order valence-electron chi connectivity index (χ3n) is 1.19. The molecule has 6 heteroatoms. The van der Waals surface area contributed by atoms with Gasteiger partial charge in [-0.1, -0.05) is 6.92 Å². The van der Waals surface area contributed by atoms with Gasteiger partial charge in [-0.2, -0.15) is 5.20 Å². The van der Waals surface area contributed by atoms with Crippen LogP contribution in [0.3, 0.4) is 0 Å². The first-order valence-electron chi connectivity index (χ1n) is 4.57. The maximum absolute atomic E-state index is 11.7. The molecule has 0 aromatic heterocycles. The zero-order valence-corrected chi connectivity index (χ0v) is 9.39. The smallest absolute Gasteiger partial charge is 0.296 e. The van der Waals surface area contributed by atoms with E-state index in [-0.39, 0.29) is 0 Å². The van der Waals surface area contributed by atoms with Crippen molar-refractivity contribution in [3.8, 4) is 0 Å². The Kier molecular flexibility index (Phi) is 7.51. The van der Waals surface area contributed by atoms with Crippen LogP contribution in [0.5, 0.6) is 0 Å². The van der Waals surface area contributed by atoms with Gasteiger partial charge in [-0.05, 0) is 20.3 Å². The van der Waals surface area contributed by atoms with Crippen LogP contribution in [0.4, 0.5) is 0 Å². The first-order valence-corrected chi connectivity index (χ1v) is 6.12. The molecule has 0 aliphatic heterocycles. The van der Waals surface area contributed by atoms with Crippen LogP contribution in [0.15, 0.2) is 0 Å². The predicted molar refractivity (Wildman–Crippen MR) is 52.3 cm³/mol. The Morgan fingerprint density at radius 2 is 1.69 bits per heavy atom. The minimum absolute atomic E-state index is 0.359. The van der Waals surface area contributed by atoms with Gasteiger partial charge >= 0.3 is 7.75 Å². The van der Waals surface area contributed by atoms with Gasteiger partial charge < -0.3 is 0 Å².